The zero-order valence-corrected chi connectivity index (χ0v) is 18.3. The summed E-state index contributed by atoms with van der Waals surface area (Å²) in [6.45, 7) is 2.00. The third kappa shape index (κ3) is 4.71. The molecule has 32 heavy (non-hydrogen) atoms. The fraction of sp³-hybridized carbons (Fsp3) is 0.192. The van der Waals surface area contributed by atoms with Crippen LogP contribution in [0.1, 0.15) is 28.7 Å². The van der Waals surface area contributed by atoms with E-state index in [0.29, 0.717) is 40.4 Å². The van der Waals surface area contributed by atoms with Gasteiger partial charge in [0.25, 0.3) is 0 Å². The van der Waals surface area contributed by atoms with E-state index in [4.69, 9.17) is 9.47 Å². The first-order chi connectivity index (χ1) is 15.5. The van der Waals surface area contributed by atoms with E-state index in [2.05, 4.69) is 12.1 Å². The largest absolute Gasteiger partial charge is 0.497 e. The van der Waals surface area contributed by atoms with E-state index in [1.54, 1.807) is 36.4 Å². The number of methoxy groups -OCH3 is 2. The van der Waals surface area contributed by atoms with Crippen molar-refractivity contribution < 1.29 is 14.3 Å². The second-order valence-electron chi connectivity index (χ2n) is 7.15. The number of benzene rings is 3. The van der Waals surface area contributed by atoms with Crippen LogP contribution in [0.25, 0.3) is 0 Å². The highest BCUT2D eigenvalue weighted by Crippen LogP contribution is 2.36. The van der Waals surface area contributed by atoms with E-state index in [1.165, 1.54) is 19.1 Å². The van der Waals surface area contributed by atoms with E-state index >= 15 is 0 Å². The summed E-state index contributed by atoms with van der Waals surface area (Å²) >= 11 is 0. The maximum Gasteiger partial charge on any atom is 0.231 e. The molecule has 0 saturated heterocycles. The van der Waals surface area contributed by atoms with Gasteiger partial charge in [0, 0.05) is 18.6 Å². The van der Waals surface area contributed by atoms with Gasteiger partial charge in [-0.15, -0.1) is 0 Å². The number of aryl methyl sites for hydroxylation is 2. The molecule has 1 amide bonds. The van der Waals surface area contributed by atoms with Gasteiger partial charge in [-0.2, -0.15) is 10.5 Å². The molecule has 0 aliphatic rings. The normalized spacial score (nSPS) is 10.0. The summed E-state index contributed by atoms with van der Waals surface area (Å²) in [6, 6.07) is 21.9. The first-order valence-corrected chi connectivity index (χ1v) is 10.1. The number of rotatable bonds is 7. The number of hydrogen-bond acceptors (Lipinski definition) is 5. The second-order valence-corrected chi connectivity index (χ2v) is 7.15. The summed E-state index contributed by atoms with van der Waals surface area (Å²) < 4.78 is 10.7. The lowest BCUT2D eigenvalue weighted by molar-refractivity contribution is -0.117. The van der Waals surface area contributed by atoms with Crippen LogP contribution in [-0.2, 0) is 11.2 Å². The van der Waals surface area contributed by atoms with Gasteiger partial charge in [-0.3, -0.25) is 9.69 Å². The van der Waals surface area contributed by atoms with Crippen LogP contribution in [0.2, 0.25) is 0 Å². The topological polar surface area (TPSA) is 86.3 Å². The Kier molecular flexibility index (Phi) is 7.10. The lowest BCUT2D eigenvalue weighted by Gasteiger charge is -2.26. The average molecular weight is 425 g/mol. The third-order valence-electron chi connectivity index (χ3n) is 5.25. The Morgan fingerprint density at radius 2 is 1.41 bits per heavy atom. The molecular weight excluding hydrogens is 402 g/mol. The van der Waals surface area contributed by atoms with Crippen LogP contribution in [0.5, 0.6) is 11.5 Å². The second kappa shape index (κ2) is 10.1. The maximum atomic E-state index is 13.6. The Morgan fingerprint density at radius 3 is 1.88 bits per heavy atom. The van der Waals surface area contributed by atoms with Gasteiger partial charge in [0.2, 0.25) is 5.91 Å². The molecule has 0 aromatic heterocycles. The molecule has 3 rings (SSSR count). The molecule has 0 spiro atoms. The highest BCUT2D eigenvalue weighted by Gasteiger charge is 2.25. The van der Waals surface area contributed by atoms with Crippen LogP contribution in [0.4, 0.5) is 11.4 Å². The van der Waals surface area contributed by atoms with E-state index in [1.807, 2.05) is 31.2 Å². The van der Waals surface area contributed by atoms with Crippen LogP contribution in [-0.4, -0.2) is 20.1 Å². The number of ether oxygens (including phenoxy) is 2. The predicted molar refractivity (Wildman–Crippen MR) is 122 cm³/mol. The van der Waals surface area contributed by atoms with Crippen molar-refractivity contribution in [3.63, 3.8) is 0 Å². The summed E-state index contributed by atoms with van der Waals surface area (Å²) in [5.41, 5.74) is 3.46. The van der Waals surface area contributed by atoms with E-state index in [0.717, 1.165) is 11.1 Å². The number of carbonyl (C=O) groups is 1. The molecule has 0 N–H and O–H groups in total. The molecule has 6 nitrogen and oxygen atoms in total. The number of carbonyl (C=O) groups excluding carboxylic acids is 1. The highest BCUT2D eigenvalue weighted by atomic mass is 16.5. The molecule has 3 aromatic carbocycles. The first-order valence-electron chi connectivity index (χ1n) is 10.1. The minimum absolute atomic E-state index is 0.189. The van der Waals surface area contributed by atoms with E-state index < -0.39 is 0 Å². The van der Waals surface area contributed by atoms with Crippen molar-refractivity contribution in [2.45, 2.75) is 19.8 Å². The Labute approximate surface area is 187 Å². The van der Waals surface area contributed by atoms with Crippen molar-refractivity contribution in [1.29, 1.82) is 10.5 Å². The summed E-state index contributed by atoms with van der Waals surface area (Å²) in [4.78, 5) is 15.0. The van der Waals surface area contributed by atoms with Gasteiger partial charge in [-0.1, -0.05) is 24.3 Å². The van der Waals surface area contributed by atoms with Gasteiger partial charge in [0.15, 0.2) is 0 Å². The Hall–Kier alpha value is -4.29. The van der Waals surface area contributed by atoms with Crippen molar-refractivity contribution in [3.8, 4) is 23.6 Å². The van der Waals surface area contributed by atoms with Gasteiger partial charge in [0.05, 0.1) is 36.7 Å². The van der Waals surface area contributed by atoms with Gasteiger partial charge >= 0.3 is 0 Å². The van der Waals surface area contributed by atoms with Gasteiger partial charge in [-0.25, -0.2) is 0 Å². The average Bonchev–Trinajstić information content (AvgIpc) is 2.83. The Balaban J connectivity index is 2.13. The van der Waals surface area contributed by atoms with Crippen molar-refractivity contribution in [1.82, 2.24) is 0 Å². The van der Waals surface area contributed by atoms with Crippen molar-refractivity contribution in [2.75, 3.05) is 19.1 Å². The SMILES string of the molecule is COc1ccc(C#N)c(N(C(=O)CCc2ccccc2C)c2cc(OC)ccc2C#N)c1. The van der Waals surface area contributed by atoms with Crippen LogP contribution in [0.3, 0.4) is 0 Å². The van der Waals surface area contributed by atoms with Crippen LogP contribution in [0, 0.1) is 29.6 Å². The first kappa shape index (κ1) is 22.4. The van der Waals surface area contributed by atoms with Gasteiger partial charge in [0.1, 0.15) is 23.6 Å². The minimum atomic E-state index is -0.247. The Bertz CT molecular complexity index is 1160. The third-order valence-corrected chi connectivity index (χ3v) is 5.25. The number of nitrogens with zero attached hydrogens (tertiary/aromatic N) is 3. The molecule has 0 atom stereocenters. The predicted octanol–water partition coefficient (Wildman–Crippen LogP) is 5.05. The molecule has 0 unspecified atom stereocenters. The van der Waals surface area contributed by atoms with Crippen LogP contribution >= 0.6 is 0 Å². The number of nitriles is 2. The van der Waals surface area contributed by atoms with Crippen molar-refractivity contribution in [3.05, 3.63) is 82.9 Å². The van der Waals surface area contributed by atoms with E-state index in [9.17, 15) is 15.3 Å². The standard InChI is InChI=1S/C26H23N3O3/c1-18-6-4-5-7-19(18)10-13-26(30)29(24-14-22(31-2)11-8-20(24)16-27)25-15-23(32-3)12-9-21(25)17-28/h4-9,11-12,14-15H,10,13H2,1-3H3. The molecule has 0 fully saturated rings. The van der Waals surface area contributed by atoms with Crippen LogP contribution < -0.4 is 14.4 Å². The molecule has 3 aromatic rings. The molecule has 0 radical (unpaired) electrons. The Morgan fingerprint density at radius 1 is 0.875 bits per heavy atom. The lowest BCUT2D eigenvalue weighted by atomic mass is 10.0. The van der Waals surface area contributed by atoms with Crippen molar-refractivity contribution in [2.24, 2.45) is 0 Å². The van der Waals surface area contributed by atoms with Crippen LogP contribution in [0.15, 0.2) is 60.7 Å². The zero-order valence-electron chi connectivity index (χ0n) is 18.3. The number of hydrogen-bond donors (Lipinski definition) is 0. The molecule has 0 heterocycles. The molecule has 0 saturated carbocycles. The number of amides is 1. The summed E-state index contributed by atoms with van der Waals surface area (Å²) in [7, 11) is 3.03. The summed E-state index contributed by atoms with van der Waals surface area (Å²) in [5, 5.41) is 19.4. The fourth-order valence-corrected chi connectivity index (χ4v) is 3.48. The molecule has 0 aliphatic heterocycles. The van der Waals surface area contributed by atoms with Gasteiger partial charge in [-0.05, 0) is 48.7 Å². The fourth-order valence-electron chi connectivity index (χ4n) is 3.48. The molecule has 160 valence electrons. The lowest BCUT2D eigenvalue weighted by Crippen LogP contribution is -2.28. The summed E-state index contributed by atoms with van der Waals surface area (Å²) in [6.07, 6.45) is 0.717. The zero-order chi connectivity index (χ0) is 23.1. The minimum Gasteiger partial charge on any atom is -0.497 e. The highest BCUT2D eigenvalue weighted by molar-refractivity contribution is 6.03. The smallest absolute Gasteiger partial charge is 0.231 e. The monoisotopic (exact) mass is 425 g/mol. The molecule has 6 heteroatoms. The summed E-state index contributed by atoms with van der Waals surface area (Å²) in [5.74, 6) is 0.747. The quantitative estimate of drug-likeness (QED) is 0.528. The molecular formula is C26H23N3O3. The van der Waals surface area contributed by atoms with Crippen molar-refractivity contribution >= 4 is 17.3 Å². The number of anilines is 2. The maximum absolute atomic E-state index is 13.6. The molecule has 0 bridgehead atoms. The van der Waals surface area contributed by atoms with Gasteiger partial charge < -0.3 is 9.47 Å². The molecule has 0 aliphatic carbocycles. The van der Waals surface area contributed by atoms with E-state index in [-0.39, 0.29) is 12.3 Å².